The van der Waals surface area contributed by atoms with E-state index in [2.05, 4.69) is 21.8 Å². The van der Waals surface area contributed by atoms with Crippen LogP contribution in [-0.4, -0.2) is 27.3 Å². The van der Waals surface area contributed by atoms with E-state index in [4.69, 9.17) is 5.73 Å². The molecule has 2 heterocycles. The fraction of sp³-hybridized carbons (Fsp3) is 0.353. The highest BCUT2D eigenvalue weighted by molar-refractivity contribution is 5.73. The summed E-state index contributed by atoms with van der Waals surface area (Å²) in [5.41, 5.74) is 8.43. The number of hydrogen-bond acceptors (Lipinski definition) is 4. The van der Waals surface area contributed by atoms with Crippen molar-refractivity contribution in [1.29, 1.82) is 0 Å². The predicted octanol–water partition coefficient (Wildman–Crippen LogP) is 2.22. The molecule has 5 heteroatoms. The number of aromatic nitrogens is 2. The Bertz CT molecular complexity index is 615. The minimum atomic E-state index is -0.295. The summed E-state index contributed by atoms with van der Waals surface area (Å²) < 4.78 is 0. The maximum Gasteiger partial charge on any atom is 0.218 e. The van der Waals surface area contributed by atoms with Gasteiger partial charge in [-0.2, -0.15) is 0 Å². The first-order valence-electron chi connectivity index (χ1n) is 7.41. The molecule has 116 valence electrons. The van der Waals surface area contributed by atoms with Gasteiger partial charge in [0.1, 0.15) is 0 Å². The van der Waals surface area contributed by atoms with E-state index in [0.29, 0.717) is 19.5 Å². The van der Waals surface area contributed by atoms with Crippen molar-refractivity contribution in [3.8, 4) is 0 Å². The van der Waals surface area contributed by atoms with Gasteiger partial charge in [0.2, 0.25) is 5.91 Å². The summed E-state index contributed by atoms with van der Waals surface area (Å²) in [6, 6.07) is 9.91. The van der Waals surface area contributed by atoms with Crippen LogP contribution in [0.1, 0.15) is 36.3 Å². The molecule has 2 N–H and O–H groups in total. The molecule has 0 saturated carbocycles. The fourth-order valence-electron chi connectivity index (χ4n) is 2.35. The van der Waals surface area contributed by atoms with Crippen LogP contribution in [0.3, 0.4) is 0 Å². The highest BCUT2D eigenvalue weighted by Gasteiger charge is 2.18. The number of primary amides is 1. The number of carbonyl (C=O) groups is 1. The lowest BCUT2D eigenvalue weighted by Gasteiger charge is -2.28. The maximum atomic E-state index is 11.1. The molecular formula is C17H22N4O. The molecule has 0 bridgehead atoms. The minimum Gasteiger partial charge on any atom is -0.370 e. The van der Waals surface area contributed by atoms with Crippen molar-refractivity contribution in [2.24, 2.45) is 5.73 Å². The predicted molar refractivity (Wildman–Crippen MR) is 85.8 cm³/mol. The molecule has 1 unspecified atom stereocenters. The van der Waals surface area contributed by atoms with E-state index in [1.165, 1.54) is 0 Å². The van der Waals surface area contributed by atoms with E-state index < -0.39 is 0 Å². The van der Waals surface area contributed by atoms with E-state index in [1.807, 2.05) is 37.3 Å². The van der Waals surface area contributed by atoms with Gasteiger partial charge in [-0.05, 0) is 37.6 Å². The number of amides is 1. The number of rotatable bonds is 7. The molecule has 0 aromatic carbocycles. The van der Waals surface area contributed by atoms with Crippen LogP contribution in [0.15, 0.2) is 42.7 Å². The van der Waals surface area contributed by atoms with Gasteiger partial charge in [-0.15, -0.1) is 0 Å². The molecule has 0 aliphatic heterocycles. The van der Waals surface area contributed by atoms with Gasteiger partial charge < -0.3 is 5.73 Å². The zero-order chi connectivity index (χ0) is 15.9. The monoisotopic (exact) mass is 298 g/mol. The molecule has 0 spiro atoms. The standard InChI is InChI=1S/C17H22N4O/c1-13-6-5-10-20-16(13)12-21(11-8-17(18)22)14(2)15-7-3-4-9-19-15/h3-7,9-10,14H,8,11-12H2,1-2H3,(H2,18,22). The van der Waals surface area contributed by atoms with Gasteiger partial charge in [-0.3, -0.25) is 19.7 Å². The van der Waals surface area contributed by atoms with Gasteiger partial charge in [0.25, 0.3) is 0 Å². The molecule has 0 fully saturated rings. The topological polar surface area (TPSA) is 72.1 Å². The van der Waals surface area contributed by atoms with Crippen LogP contribution in [0, 0.1) is 6.92 Å². The van der Waals surface area contributed by atoms with Crippen LogP contribution in [0.25, 0.3) is 0 Å². The zero-order valence-corrected chi connectivity index (χ0v) is 13.1. The highest BCUT2D eigenvalue weighted by Crippen LogP contribution is 2.21. The molecule has 0 saturated heterocycles. The second-order valence-electron chi connectivity index (χ2n) is 5.38. The molecule has 0 aliphatic carbocycles. The summed E-state index contributed by atoms with van der Waals surface area (Å²) in [5.74, 6) is -0.295. The molecule has 5 nitrogen and oxygen atoms in total. The van der Waals surface area contributed by atoms with Crippen LogP contribution in [0.4, 0.5) is 0 Å². The molecule has 22 heavy (non-hydrogen) atoms. The summed E-state index contributed by atoms with van der Waals surface area (Å²) in [6.07, 6.45) is 3.90. The van der Waals surface area contributed by atoms with E-state index in [-0.39, 0.29) is 11.9 Å². The summed E-state index contributed by atoms with van der Waals surface area (Å²) in [4.78, 5) is 22.2. The number of nitrogens with two attached hydrogens (primary N) is 1. The van der Waals surface area contributed by atoms with E-state index in [1.54, 1.807) is 12.4 Å². The lowest BCUT2D eigenvalue weighted by atomic mass is 10.1. The lowest BCUT2D eigenvalue weighted by Crippen LogP contribution is -2.31. The van der Waals surface area contributed by atoms with Crippen molar-refractivity contribution in [2.45, 2.75) is 32.9 Å². The first kappa shape index (κ1) is 16.1. The second-order valence-corrected chi connectivity index (χ2v) is 5.38. The fourth-order valence-corrected chi connectivity index (χ4v) is 2.35. The molecule has 0 aliphatic rings. The Morgan fingerprint density at radius 1 is 1.23 bits per heavy atom. The SMILES string of the molecule is Cc1cccnc1CN(CCC(N)=O)C(C)c1ccccn1. The average Bonchev–Trinajstić information content (AvgIpc) is 2.53. The summed E-state index contributed by atoms with van der Waals surface area (Å²) in [5, 5.41) is 0. The van der Waals surface area contributed by atoms with E-state index in [0.717, 1.165) is 17.0 Å². The van der Waals surface area contributed by atoms with Crippen molar-refractivity contribution in [2.75, 3.05) is 6.54 Å². The molecule has 2 aromatic heterocycles. The van der Waals surface area contributed by atoms with Crippen molar-refractivity contribution >= 4 is 5.91 Å². The van der Waals surface area contributed by atoms with E-state index in [9.17, 15) is 4.79 Å². The smallest absolute Gasteiger partial charge is 0.218 e. The van der Waals surface area contributed by atoms with Crippen molar-refractivity contribution in [3.05, 3.63) is 59.7 Å². The van der Waals surface area contributed by atoms with Crippen molar-refractivity contribution in [1.82, 2.24) is 14.9 Å². The third-order valence-corrected chi connectivity index (χ3v) is 3.78. The molecule has 1 atom stereocenters. The normalized spacial score (nSPS) is 12.3. The molecule has 2 rings (SSSR count). The largest absolute Gasteiger partial charge is 0.370 e. The quantitative estimate of drug-likeness (QED) is 0.850. The number of aryl methyl sites for hydroxylation is 1. The Hall–Kier alpha value is -2.27. The first-order valence-corrected chi connectivity index (χ1v) is 7.41. The average molecular weight is 298 g/mol. The number of pyridine rings is 2. The van der Waals surface area contributed by atoms with E-state index >= 15 is 0 Å². The number of nitrogens with zero attached hydrogens (tertiary/aromatic N) is 3. The Morgan fingerprint density at radius 2 is 2.00 bits per heavy atom. The van der Waals surface area contributed by atoms with Gasteiger partial charge in [-0.1, -0.05) is 12.1 Å². The van der Waals surface area contributed by atoms with Crippen LogP contribution < -0.4 is 5.73 Å². The van der Waals surface area contributed by atoms with Gasteiger partial charge in [0, 0.05) is 37.9 Å². The minimum absolute atomic E-state index is 0.0851. The number of carbonyl (C=O) groups excluding carboxylic acids is 1. The van der Waals surface area contributed by atoms with Gasteiger partial charge in [0.15, 0.2) is 0 Å². The van der Waals surface area contributed by atoms with Crippen LogP contribution in [-0.2, 0) is 11.3 Å². The molecule has 2 aromatic rings. The third-order valence-electron chi connectivity index (χ3n) is 3.78. The Kier molecular flexibility index (Phi) is 5.61. The van der Waals surface area contributed by atoms with Crippen LogP contribution in [0.5, 0.6) is 0 Å². The van der Waals surface area contributed by atoms with Crippen LogP contribution >= 0.6 is 0 Å². The first-order chi connectivity index (χ1) is 10.6. The van der Waals surface area contributed by atoms with Crippen molar-refractivity contribution in [3.63, 3.8) is 0 Å². The third kappa shape index (κ3) is 4.36. The maximum absolute atomic E-state index is 11.1. The molecule has 0 radical (unpaired) electrons. The van der Waals surface area contributed by atoms with Crippen LogP contribution in [0.2, 0.25) is 0 Å². The Labute approximate surface area is 131 Å². The highest BCUT2D eigenvalue weighted by atomic mass is 16.1. The Morgan fingerprint density at radius 3 is 2.64 bits per heavy atom. The van der Waals surface area contributed by atoms with Gasteiger partial charge in [0.05, 0.1) is 11.4 Å². The summed E-state index contributed by atoms with van der Waals surface area (Å²) >= 11 is 0. The second kappa shape index (κ2) is 7.66. The van der Waals surface area contributed by atoms with Gasteiger partial charge >= 0.3 is 0 Å². The van der Waals surface area contributed by atoms with Crippen molar-refractivity contribution < 1.29 is 4.79 Å². The zero-order valence-electron chi connectivity index (χ0n) is 13.1. The summed E-state index contributed by atoms with van der Waals surface area (Å²) in [6.45, 7) is 5.38. The summed E-state index contributed by atoms with van der Waals surface area (Å²) in [7, 11) is 0. The Balaban J connectivity index is 2.18. The van der Waals surface area contributed by atoms with Gasteiger partial charge in [-0.25, -0.2) is 0 Å². The number of hydrogen-bond donors (Lipinski definition) is 1. The molecular weight excluding hydrogens is 276 g/mol. The lowest BCUT2D eigenvalue weighted by molar-refractivity contribution is -0.118. The molecule has 1 amide bonds.